The molecule has 2 aromatic heterocycles. The second kappa shape index (κ2) is 5.24. The average Bonchev–Trinajstić information content (AvgIpc) is 2.92. The van der Waals surface area contributed by atoms with E-state index in [1.165, 1.54) is 16.8 Å². The largest absolute Gasteiger partial charge is 0.322 e. The van der Waals surface area contributed by atoms with Crippen LogP contribution in [0.15, 0.2) is 47.4 Å². The standard InChI is InChI=1S/C15H14N4O2/c1-2-10-8-13(20)19-14(17-10)12(9-16-19)15(21)18-11-6-4-3-5-7-11/h3-9,16H,2H2,1H3,(H,18,21). The number of nitrogens with one attached hydrogen (secondary N) is 2. The maximum Gasteiger partial charge on any atom is 0.272 e. The maximum absolute atomic E-state index is 12.3. The topological polar surface area (TPSA) is 79.3 Å². The summed E-state index contributed by atoms with van der Waals surface area (Å²) in [6.45, 7) is 1.91. The van der Waals surface area contributed by atoms with E-state index >= 15 is 0 Å². The number of aromatic amines is 1. The molecular weight excluding hydrogens is 268 g/mol. The average molecular weight is 282 g/mol. The predicted octanol–water partition coefficient (Wildman–Crippen LogP) is 1.84. The first kappa shape index (κ1) is 13.1. The van der Waals surface area contributed by atoms with Gasteiger partial charge >= 0.3 is 0 Å². The third kappa shape index (κ3) is 2.43. The van der Waals surface area contributed by atoms with E-state index in [0.29, 0.717) is 29.0 Å². The van der Waals surface area contributed by atoms with Crippen LogP contribution in [-0.4, -0.2) is 20.5 Å². The number of rotatable bonds is 3. The Morgan fingerprint density at radius 3 is 2.81 bits per heavy atom. The van der Waals surface area contributed by atoms with Gasteiger partial charge in [-0.05, 0) is 18.6 Å². The first-order valence-corrected chi connectivity index (χ1v) is 6.65. The number of amides is 1. The van der Waals surface area contributed by atoms with Crippen LogP contribution < -0.4 is 10.9 Å². The Kier molecular flexibility index (Phi) is 3.27. The van der Waals surface area contributed by atoms with Crippen molar-refractivity contribution in [1.82, 2.24) is 14.6 Å². The van der Waals surface area contributed by atoms with Crippen molar-refractivity contribution < 1.29 is 4.79 Å². The van der Waals surface area contributed by atoms with Crippen molar-refractivity contribution in [2.45, 2.75) is 13.3 Å². The first-order valence-electron chi connectivity index (χ1n) is 6.65. The number of benzene rings is 1. The highest BCUT2D eigenvalue weighted by Gasteiger charge is 2.15. The molecule has 21 heavy (non-hydrogen) atoms. The number of aromatic nitrogens is 3. The van der Waals surface area contributed by atoms with Gasteiger partial charge < -0.3 is 5.32 Å². The Morgan fingerprint density at radius 1 is 1.33 bits per heavy atom. The van der Waals surface area contributed by atoms with Crippen LogP contribution in [0.3, 0.4) is 0 Å². The molecule has 0 aliphatic heterocycles. The van der Waals surface area contributed by atoms with Gasteiger partial charge in [-0.2, -0.15) is 0 Å². The SMILES string of the molecule is CCc1cc(=O)n2[nH]cc(C(=O)Nc3ccccc3)c2n1. The van der Waals surface area contributed by atoms with Gasteiger partial charge in [-0.1, -0.05) is 25.1 Å². The Hall–Kier alpha value is -2.89. The van der Waals surface area contributed by atoms with Crippen molar-refractivity contribution in [1.29, 1.82) is 0 Å². The lowest BCUT2D eigenvalue weighted by atomic mass is 10.2. The van der Waals surface area contributed by atoms with Gasteiger partial charge in [-0.15, -0.1) is 0 Å². The number of hydrogen-bond acceptors (Lipinski definition) is 3. The van der Waals surface area contributed by atoms with E-state index in [1.54, 1.807) is 12.1 Å². The molecule has 0 radical (unpaired) electrons. The van der Waals surface area contributed by atoms with Crippen molar-refractivity contribution in [2.75, 3.05) is 5.32 Å². The molecule has 1 amide bonds. The van der Waals surface area contributed by atoms with E-state index in [0.717, 1.165) is 0 Å². The van der Waals surface area contributed by atoms with Crippen molar-refractivity contribution in [3.05, 3.63) is 64.2 Å². The van der Waals surface area contributed by atoms with Crippen LogP contribution in [0.1, 0.15) is 23.0 Å². The molecule has 0 bridgehead atoms. The molecule has 0 aliphatic rings. The van der Waals surface area contributed by atoms with Gasteiger partial charge in [0.2, 0.25) is 0 Å². The number of hydrogen-bond donors (Lipinski definition) is 2. The summed E-state index contributed by atoms with van der Waals surface area (Å²) in [5.41, 5.74) is 1.80. The molecule has 0 saturated carbocycles. The number of nitrogens with zero attached hydrogens (tertiary/aromatic N) is 2. The number of carbonyl (C=O) groups is 1. The summed E-state index contributed by atoms with van der Waals surface area (Å²) in [6, 6.07) is 10.6. The van der Waals surface area contributed by atoms with E-state index in [4.69, 9.17) is 0 Å². The Balaban J connectivity index is 2.02. The van der Waals surface area contributed by atoms with E-state index in [9.17, 15) is 9.59 Å². The normalized spacial score (nSPS) is 10.7. The predicted molar refractivity (Wildman–Crippen MR) is 79.6 cm³/mol. The van der Waals surface area contributed by atoms with Crippen LogP contribution in [0.4, 0.5) is 5.69 Å². The Morgan fingerprint density at radius 2 is 2.10 bits per heavy atom. The number of anilines is 1. The minimum Gasteiger partial charge on any atom is -0.322 e. The summed E-state index contributed by atoms with van der Waals surface area (Å²) >= 11 is 0. The van der Waals surface area contributed by atoms with Gasteiger partial charge in [0.15, 0.2) is 5.65 Å². The second-order valence-electron chi connectivity index (χ2n) is 4.61. The molecule has 0 saturated heterocycles. The number of carbonyl (C=O) groups excluding carboxylic acids is 1. The minimum atomic E-state index is -0.305. The fraction of sp³-hybridized carbons (Fsp3) is 0.133. The van der Waals surface area contributed by atoms with Gasteiger partial charge in [0.25, 0.3) is 11.5 Å². The molecule has 0 atom stereocenters. The molecule has 0 fully saturated rings. The summed E-state index contributed by atoms with van der Waals surface area (Å²) in [6.07, 6.45) is 2.12. The van der Waals surface area contributed by atoms with Crippen LogP contribution in [0.5, 0.6) is 0 Å². The molecule has 2 N–H and O–H groups in total. The number of para-hydroxylation sites is 1. The number of H-pyrrole nitrogens is 1. The molecule has 0 unspecified atom stereocenters. The fourth-order valence-corrected chi connectivity index (χ4v) is 2.10. The molecule has 3 rings (SSSR count). The lowest BCUT2D eigenvalue weighted by molar-refractivity contribution is 0.102. The van der Waals surface area contributed by atoms with Crippen LogP contribution in [0, 0.1) is 0 Å². The lowest BCUT2D eigenvalue weighted by Crippen LogP contribution is -2.17. The van der Waals surface area contributed by atoms with Gasteiger partial charge in [0.1, 0.15) is 5.56 Å². The third-order valence-corrected chi connectivity index (χ3v) is 3.19. The number of aryl methyl sites for hydroxylation is 1. The highest BCUT2D eigenvalue weighted by atomic mass is 16.2. The highest BCUT2D eigenvalue weighted by Crippen LogP contribution is 2.11. The third-order valence-electron chi connectivity index (χ3n) is 3.19. The fourth-order valence-electron chi connectivity index (χ4n) is 2.10. The summed E-state index contributed by atoms with van der Waals surface area (Å²) in [7, 11) is 0. The maximum atomic E-state index is 12.3. The quantitative estimate of drug-likeness (QED) is 0.769. The molecule has 6 heteroatoms. The molecule has 0 aliphatic carbocycles. The zero-order valence-electron chi connectivity index (χ0n) is 11.5. The van der Waals surface area contributed by atoms with E-state index in [1.807, 2.05) is 25.1 Å². The minimum absolute atomic E-state index is 0.226. The monoisotopic (exact) mass is 282 g/mol. The molecule has 6 nitrogen and oxygen atoms in total. The molecular formula is C15H14N4O2. The summed E-state index contributed by atoms with van der Waals surface area (Å²) < 4.78 is 1.26. The van der Waals surface area contributed by atoms with E-state index < -0.39 is 0 Å². The van der Waals surface area contributed by atoms with Crippen molar-refractivity contribution >= 4 is 17.2 Å². The van der Waals surface area contributed by atoms with Gasteiger partial charge in [-0.25, -0.2) is 9.50 Å². The molecule has 0 spiro atoms. The Labute approximate surface area is 120 Å². The zero-order valence-corrected chi connectivity index (χ0v) is 11.5. The summed E-state index contributed by atoms with van der Waals surface area (Å²) in [5, 5.41) is 5.53. The van der Waals surface area contributed by atoms with Crippen LogP contribution in [-0.2, 0) is 6.42 Å². The van der Waals surface area contributed by atoms with Crippen LogP contribution >= 0.6 is 0 Å². The molecule has 1 aromatic carbocycles. The van der Waals surface area contributed by atoms with Gasteiger partial charge in [0.05, 0.1) is 0 Å². The van der Waals surface area contributed by atoms with Crippen LogP contribution in [0.2, 0.25) is 0 Å². The Bertz CT molecular complexity index is 849. The van der Waals surface area contributed by atoms with Crippen molar-refractivity contribution in [3.8, 4) is 0 Å². The molecule has 106 valence electrons. The second-order valence-corrected chi connectivity index (χ2v) is 4.61. The molecule has 2 heterocycles. The van der Waals surface area contributed by atoms with E-state index in [-0.39, 0.29) is 11.5 Å². The smallest absolute Gasteiger partial charge is 0.272 e. The van der Waals surface area contributed by atoms with Crippen molar-refractivity contribution in [3.63, 3.8) is 0 Å². The van der Waals surface area contributed by atoms with Gasteiger partial charge in [0, 0.05) is 23.6 Å². The summed E-state index contributed by atoms with van der Waals surface area (Å²) in [4.78, 5) is 28.6. The molecule has 3 aromatic rings. The van der Waals surface area contributed by atoms with Crippen molar-refractivity contribution in [2.24, 2.45) is 0 Å². The zero-order chi connectivity index (χ0) is 14.8. The van der Waals surface area contributed by atoms with E-state index in [2.05, 4.69) is 15.4 Å². The first-order chi connectivity index (χ1) is 10.2. The highest BCUT2D eigenvalue weighted by molar-refractivity contribution is 6.08. The van der Waals surface area contributed by atoms with Gasteiger partial charge in [-0.3, -0.25) is 14.7 Å². The van der Waals surface area contributed by atoms with Crippen LogP contribution in [0.25, 0.3) is 5.65 Å². The number of fused-ring (bicyclic) bond motifs is 1. The summed E-state index contributed by atoms with van der Waals surface area (Å²) in [5.74, 6) is -0.305. The lowest BCUT2D eigenvalue weighted by Gasteiger charge is -2.03.